The normalized spacial score (nSPS) is 10.8. The third-order valence-electron chi connectivity index (χ3n) is 6.07. The van der Waals surface area contributed by atoms with Gasteiger partial charge in [-0.1, -0.05) is 36.4 Å². The van der Waals surface area contributed by atoms with Crippen molar-refractivity contribution in [1.29, 1.82) is 0 Å². The summed E-state index contributed by atoms with van der Waals surface area (Å²) in [4.78, 5) is 21.1. The summed E-state index contributed by atoms with van der Waals surface area (Å²) in [6, 6.07) is 27.1. The van der Waals surface area contributed by atoms with Crippen LogP contribution in [0.4, 0.5) is 11.6 Å². The molecule has 6 aromatic rings. The molecule has 0 aliphatic carbocycles. The van der Waals surface area contributed by atoms with E-state index in [0.29, 0.717) is 12.6 Å². The number of para-hydroxylation sites is 1. The number of hydrogen-bond acceptors (Lipinski definition) is 7. The average molecular weight is 530 g/mol. The van der Waals surface area contributed by atoms with Crippen LogP contribution in [0.5, 0.6) is 17.2 Å². The zero-order valence-electron chi connectivity index (χ0n) is 21.6. The van der Waals surface area contributed by atoms with E-state index in [0.717, 1.165) is 58.7 Å². The third-order valence-corrected chi connectivity index (χ3v) is 6.07. The zero-order valence-corrected chi connectivity index (χ0v) is 21.6. The highest BCUT2D eigenvalue weighted by atomic mass is 16.5. The number of ether oxygens (including phenoxy) is 2. The first-order valence-corrected chi connectivity index (χ1v) is 13.0. The Morgan fingerprint density at radius 2 is 1.70 bits per heavy atom. The number of nitrogens with zero attached hydrogens (tertiary/aromatic N) is 5. The molecule has 0 amide bonds. The molecule has 6 rings (SSSR count). The molecule has 0 unspecified atom stereocenters. The van der Waals surface area contributed by atoms with Gasteiger partial charge in [0.05, 0.1) is 30.5 Å². The molecule has 0 bridgehead atoms. The topological polar surface area (TPSA) is 103 Å². The van der Waals surface area contributed by atoms with Gasteiger partial charge in [0.25, 0.3) is 0 Å². The minimum absolute atomic E-state index is 0.476. The molecule has 0 aliphatic heterocycles. The molecule has 0 saturated heterocycles. The fourth-order valence-electron chi connectivity index (χ4n) is 4.15. The number of aryl methyl sites for hydroxylation is 1. The van der Waals surface area contributed by atoms with Crippen LogP contribution in [0.3, 0.4) is 0 Å². The van der Waals surface area contributed by atoms with Gasteiger partial charge in [-0.3, -0.25) is 0 Å². The second kappa shape index (κ2) is 12.0. The van der Waals surface area contributed by atoms with Crippen LogP contribution >= 0.6 is 0 Å². The molecule has 3 heterocycles. The van der Waals surface area contributed by atoms with Gasteiger partial charge < -0.3 is 24.3 Å². The monoisotopic (exact) mass is 529 g/mol. The van der Waals surface area contributed by atoms with E-state index in [1.165, 1.54) is 0 Å². The van der Waals surface area contributed by atoms with Crippen LogP contribution < -0.4 is 14.8 Å². The second-order valence-corrected chi connectivity index (χ2v) is 9.01. The van der Waals surface area contributed by atoms with Crippen LogP contribution in [-0.2, 0) is 6.54 Å². The molecule has 3 aromatic heterocycles. The maximum Gasteiger partial charge on any atom is 0.227 e. The van der Waals surface area contributed by atoms with Crippen molar-refractivity contribution < 1.29 is 9.47 Å². The predicted octanol–water partition coefficient (Wildman–Crippen LogP) is 6.74. The van der Waals surface area contributed by atoms with Crippen LogP contribution in [-0.4, -0.2) is 36.1 Å². The van der Waals surface area contributed by atoms with Crippen molar-refractivity contribution in [3.63, 3.8) is 0 Å². The lowest BCUT2D eigenvalue weighted by Crippen LogP contribution is -2.03. The van der Waals surface area contributed by atoms with Gasteiger partial charge in [-0.25, -0.2) is 19.9 Å². The molecule has 9 nitrogen and oxygen atoms in total. The van der Waals surface area contributed by atoms with E-state index in [1.807, 2.05) is 102 Å². The number of aromatic nitrogens is 6. The van der Waals surface area contributed by atoms with Crippen molar-refractivity contribution >= 4 is 11.6 Å². The van der Waals surface area contributed by atoms with E-state index in [2.05, 4.69) is 30.2 Å². The fraction of sp³-hybridized carbons (Fsp3) is 0.0968. The fourth-order valence-corrected chi connectivity index (χ4v) is 4.15. The Balaban J connectivity index is 1.10. The van der Waals surface area contributed by atoms with E-state index >= 15 is 0 Å². The van der Waals surface area contributed by atoms with Gasteiger partial charge in [0, 0.05) is 42.5 Å². The van der Waals surface area contributed by atoms with Gasteiger partial charge in [0.1, 0.15) is 23.1 Å². The van der Waals surface area contributed by atoms with E-state index in [1.54, 1.807) is 18.6 Å². The van der Waals surface area contributed by atoms with E-state index in [-0.39, 0.29) is 0 Å². The number of rotatable bonds is 11. The van der Waals surface area contributed by atoms with E-state index in [9.17, 15) is 0 Å². The maximum absolute atomic E-state index is 5.97. The van der Waals surface area contributed by atoms with Gasteiger partial charge >= 0.3 is 0 Å². The van der Waals surface area contributed by atoms with Crippen molar-refractivity contribution in [2.75, 3.05) is 11.9 Å². The Kier molecular flexibility index (Phi) is 7.43. The summed E-state index contributed by atoms with van der Waals surface area (Å²) in [7, 11) is 0. The van der Waals surface area contributed by atoms with Crippen LogP contribution in [0.25, 0.3) is 22.8 Å². The maximum atomic E-state index is 5.97. The predicted molar refractivity (Wildman–Crippen MR) is 154 cm³/mol. The number of benzene rings is 3. The van der Waals surface area contributed by atoms with Gasteiger partial charge in [0.2, 0.25) is 5.95 Å². The number of aromatic amines is 1. The Labute approximate surface area is 231 Å². The molecule has 0 atom stereocenters. The quantitative estimate of drug-likeness (QED) is 0.179. The lowest BCUT2D eigenvalue weighted by molar-refractivity contribution is 0.302. The Hall–Kier alpha value is -5.44. The molecule has 0 fully saturated rings. The highest BCUT2D eigenvalue weighted by Gasteiger charge is 2.10. The molecule has 2 N–H and O–H groups in total. The van der Waals surface area contributed by atoms with E-state index in [4.69, 9.17) is 9.47 Å². The zero-order chi connectivity index (χ0) is 27.0. The van der Waals surface area contributed by atoms with Gasteiger partial charge in [0.15, 0.2) is 0 Å². The van der Waals surface area contributed by atoms with Gasteiger partial charge in [-0.15, -0.1) is 0 Å². The second-order valence-electron chi connectivity index (χ2n) is 9.01. The number of anilines is 2. The SMILES string of the molecule is c1ccc(Oc2cccc(-c3ncc(-c4ccnc(Nc5cccc(OCCCn6ccnc6)c5)n4)[nH]3)c2)cc1. The van der Waals surface area contributed by atoms with E-state index < -0.39 is 0 Å². The summed E-state index contributed by atoms with van der Waals surface area (Å²) in [5, 5.41) is 3.27. The minimum Gasteiger partial charge on any atom is -0.493 e. The van der Waals surface area contributed by atoms with Crippen molar-refractivity contribution in [3.8, 4) is 40.0 Å². The first-order chi connectivity index (χ1) is 19.8. The lowest BCUT2D eigenvalue weighted by atomic mass is 10.2. The van der Waals surface area contributed by atoms with Crippen LogP contribution in [0, 0.1) is 0 Å². The first-order valence-electron chi connectivity index (χ1n) is 13.0. The molecule has 0 aliphatic rings. The summed E-state index contributed by atoms with van der Waals surface area (Å²) in [6.45, 7) is 1.47. The lowest BCUT2D eigenvalue weighted by Gasteiger charge is -2.10. The number of nitrogens with one attached hydrogen (secondary N) is 2. The molecular weight excluding hydrogens is 502 g/mol. The highest BCUT2D eigenvalue weighted by molar-refractivity contribution is 5.64. The summed E-state index contributed by atoms with van der Waals surface area (Å²) in [6.07, 6.45) is 9.90. The van der Waals surface area contributed by atoms with Gasteiger partial charge in [-0.05, 0) is 48.9 Å². The summed E-state index contributed by atoms with van der Waals surface area (Å²) >= 11 is 0. The molecule has 198 valence electrons. The van der Waals surface area contributed by atoms with Gasteiger partial charge in [-0.2, -0.15) is 0 Å². The largest absolute Gasteiger partial charge is 0.493 e. The number of H-pyrrole nitrogens is 1. The molecule has 3 aromatic carbocycles. The molecule has 0 radical (unpaired) electrons. The standard InChI is InChI=1S/C31H27N7O2/c1-2-9-25(10-3-1)40-27-12-4-7-23(19-27)30-34-21-29(36-30)28-13-14-33-31(37-28)35-24-8-5-11-26(20-24)39-18-6-16-38-17-15-32-22-38/h1-5,7-15,17,19-22H,6,16,18H2,(H,34,36)(H,33,35,37). The Bertz CT molecular complexity index is 1670. The number of hydrogen-bond donors (Lipinski definition) is 2. The highest BCUT2D eigenvalue weighted by Crippen LogP contribution is 2.28. The molecular formula is C31H27N7O2. The average Bonchev–Trinajstić information content (AvgIpc) is 3.70. The van der Waals surface area contributed by atoms with Crippen molar-refractivity contribution in [2.45, 2.75) is 13.0 Å². The molecule has 40 heavy (non-hydrogen) atoms. The Morgan fingerprint density at radius 3 is 2.60 bits per heavy atom. The first kappa shape index (κ1) is 24.9. The summed E-state index contributed by atoms with van der Waals surface area (Å²) in [5.74, 6) is 3.50. The van der Waals surface area contributed by atoms with Crippen molar-refractivity contribution in [2.24, 2.45) is 0 Å². The molecule has 9 heteroatoms. The summed E-state index contributed by atoms with van der Waals surface area (Å²) in [5.41, 5.74) is 3.25. The van der Waals surface area contributed by atoms with Crippen LogP contribution in [0.15, 0.2) is 116 Å². The van der Waals surface area contributed by atoms with Crippen LogP contribution in [0.1, 0.15) is 6.42 Å². The van der Waals surface area contributed by atoms with Crippen molar-refractivity contribution in [1.82, 2.24) is 29.5 Å². The number of imidazole rings is 2. The summed E-state index contributed by atoms with van der Waals surface area (Å²) < 4.78 is 13.9. The Morgan fingerprint density at radius 1 is 0.825 bits per heavy atom. The van der Waals surface area contributed by atoms with Crippen molar-refractivity contribution in [3.05, 3.63) is 116 Å². The third kappa shape index (κ3) is 6.33. The minimum atomic E-state index is 0.476. The molecule has 0 saturated carbocycles. The smallest absolute Gasteiger partial charge is 0.227 e. The van der Waals surface area contributed by atoms with Crippen LogP contribution in [0.2, 0.25) is 0 Å². The molecule has 0 spiro atoms.